The van der Waals surface area contributed by atoms with Crippen LogP contribution in [0.2, 0.25) is 0 Å². The van der Waals surface area contributed by atoms with E-state index in [9.17, 15) is 4.79 Å². The molecule has 1 aliphatic heterocycles. The third kappa shape index (κ3) is 2.16. The minimum Gasteiger partial charge on any atom is -0.343 e. The molecule has 0 aromatic carbocycles. The molecule has 0 bridgehead atoms. The van der Waals surface area contributed by atoms with Crippen molar-refractivity contribution >= 4 is 5.78 Å². The van der Waals surface area contributed by atoms with Crippen molar-refractivity contribution in [1.82, 2.24) is 0 Å². The molecule has 1 heterocycles. The number of ketones is 1. The van der Waals surface area contributed by atoms with Gasteiger partial charge in [0.2, 0.25) is 0 Å². The van der Waals surface area contributed by atoms with Crippen molar-refractivity contribution in [3.8, 4) is 0 Å². The molecule has 0 N–H and O–H groups in total. The van der Waals surface area contributed by atoms with Crippen molar-refractivity contribution < 1.29 is 14.3 Å². The van der Waals surface area contributed by atoms with Crippen LogP contribution < -0.4 is 0 Å². The Morgan fingerprint density at radius 2 is 2.42 bits per heavy atom. The van der Waals surface area contributed by atoms with Crippen LogP contribution in [0.4, 0.5) is 0 Å². The van der Waals surface area contributed by atoms with Gasteiger partial charge in [-0.05, 0) is 20.3 Å². The summed E-state index contributed by atoms with van der Waals surface area (Å²) in [6.45, 7) is 7.31. The van der Waals surface area contributed by atoms with Crippen molar-refractivity contribution in [3.63, 3.8) is 0 Å². The van der Waals surface area contributed by atoms with E-state index in [4.69, 9.17) is 9.47 Å². The molecular formula is C9H14O3. The van der Waals surface area contributed by atoms with Crippen LogP contribution in [0, 0.1) is 0 Å². The largest absolute Gasteiger partial charge is 0.343 e. The molecule has 68 valence electrons. The molecule has 3 heteroatoms. The minimum absolute atomic E-state index is 0.00535. The predicted molar refractivity (Wildman–Crippen MR) is 44.7 cm³/mol. The second-order valence-electron chi connectivity index (χ2n) is 3.29. The summed E-state index contributed by atoms with van der Waals surface area (Å²) in [4.78, 5) is 11.2. The smallest absolute Gasteiger partial charge is 0.187 e. The SMILES string of the molecule is C=CC[C@@H]1OC(C)(C)OCC1=O. The van der Waals surface area contributed by atoms with Crippen LogP contribution in [0.5, 0.6) is 0 Å². The van der Waals surface area contributed by atoms with E-state index in [0.29, 0.717) is 6.42 Å². The summed E-state index contributed by atoms with van der Waals surface area (Å²) in [5, 5.41) is 0. The van der Waals surface area contributed by atoms with Gasteiger partial charge in [-0.2, -0.15) is 0 Å². The lowest BCUT2D eigenvalue weighted by Gasteiger charge is -2.34. The van der Waals surface area contributed by atoms with E-state index >= 15 is 0 Å². The van der Waals surface area contributed by atoms with E-state index in [2.05, 4.69) is 6.58 Å². The summed E-state index contributed by atoms with van der Waals surface area (Å²) in [5.41, 5.74) is 0. The number of ether oxygens (including phenoxy) is 2. The third-order valence-electron chi connectivity index (χ3n) is 1.73. The van der Waals surface area contributed by atoms with Crippen LogP contribution in [0.15, 0.2) is 12.7 Å². The maximum absolute atomic E-state index is 11.2. The molecule has 0 amide bonds. The van der Waals surface area contributed by atoms with Crippen molar-refractivity contribution in [3.05, 3.63) is 12.7 Å². The Morgan fingerprint density at radius 3 is 3.00 bits per heavy atom. The topological polar surface area (TPSA) is 35.5 Å². The second kappa shape index (κ2) is 3.37. The van der Waals surface area contributed by atoms with Gasteiger partial charge in [-0.15, -0.1) is 6.58 Å². The molecule has 0 saturated carbocycles. The van der Waals surface area contributed by atoms with Gasteiger partial charge in [0, 0.05) is 0 Å². The van der Waals surface area contributed by atoms with Gasteiger partial charge < -0.3 is 9.47 Å². The number of carbonyl (C=O) groups is 1. The molecular weight excluding hydrogens is 156 g/mol. The van der Waals surface area contributed by atoms with Crippen LogP contribution in [-0.4, -0.2) is 24.3 Å². The van der Waals surface area contributed by atoms with Crippen molar-refractivity contribution in [2.75, 3.05) is 6.61 Å². The monoisotopic (exact) mass is 170 g/mol. The van der Waals surface area contributed by atoms with Gasteiger partial charge in [-0.25, -0.2) is 0 Å². The first-order chi connectivity index (χ1) is 5.55. The van der Waals surface area contributed by atoms with E-state index in [0.717, 1.165) is 0 Å². The van der Waals surface area contributed by atoms with Crippen LogP contribution in [0.3, 0.4) is 0 Å². The first-order valence-electron chi connectivity index (χ1n) is 4.00. The number of rotatable bonds is 2. The average Bonchev–Trinajstić information content (AvgIpc) is 1.97. The fourth-order valence-corrected chi connectivity index (χ4v) is 1.11. The van der Waals surface area contributed by atoms with Crippen molar-refractivity contribution in [2.24, 2.45) is 0 Å². The third-order valence-corrected chi connectivity index (χ3v) is 1.73. The predicted octanol–water partition coefficient (Wildman–Crippen LogP) is 1.28. The highest BCUT2D eigenvalue weighted by Crippen LogP contribution is 2.21. The fourth-order valence-electron chi connectivity index (χ4n) is 1.11. The standard InChI is InChI=1S/C9H14O3/c1-4-5-8-7(10)6-11-9(2,3)12-8/h4,8H,1,5-6H2,2-3H3/t8-/m0/s1. The number of Topliss-reactive ketones (excluding diaryl/α,β-unsaturated/α-hetero) is 1. The van der Waals surface area contributed by atoms with Gasteiger partial charge >= 0.3 is 0 Å². The molecule has 1 aliphatic rings. The highest BCUT2D eigenvalue weighted by molar-refractivity contribution is 5.84. The quantitative estimate of drug-likeness (QED) is 0.586. The first kappa shape index (κ1) is 9.42. The van der Waals surface area contributed by atoms with Crippen LogP contribution >= 0.6 is 0 Å². The Balaban J connectivity index is 2.59. The summed E-state index contributed by atoms with van der Waals surface area (Å²) in [7, 11) is 0. The lowest BCUT2D eigenvalue weighted by atomic mass is 10.1. The lowest BCUT2D eigenvalue weighted by Crippen LogP contribution is -2.45. The molecule has 0 aromatic heterocycles. The summed E-state index contributed by atoms with van der Waals surface area (Å²) < 4.78 is 10.5. The van der Waals surface area contributed by atoms with Gasteiger partial charge in [0.25, 0.3) is 0 Å². The van der Waals surface area contributed by atoms with Gasteiger partial charge in [0.1, 0.15) is 12.7 Å². The minimum atomic E-state index is -0.637. The van der Waals surface area contributed by atoms with E-state index in [-0.39, 0.29) is 18.5 Å². The fraction of sp³-hybridized carbons (Fsp3) is 0.667. The molecule has 0 aromatic rings. The summed E-state index contributed by atoms with van der Waals surface area (Å²) in [5.74, 6) is -0.643. The zero-order valence-corrected chi connectivity index (χ0v) is 7.50. The van der Waals surface area contributed by atoms with Crippen LogP contribution in [0.1, 0.15) is 20.3 Å². The van der Waals surface area contributed by atoms with Crippen LogP contribution in [0.25, 0.3) is 0 Å². The zero-order valence-electron chi connectivity index (χ0n) is 7.50. The van der Waals surface area contributed by atoms with Gasteiger partial charge in [-0.1, -0.05) is 6.08 Å². The van der Waals surface area contributed by atoms with E-state index < -0.39 is 5.79 Å². The summed E-state index contributed by atoms with van der Waals surface area (Å²) >= 11 is 0. The molecule has 1 fully saturated rings. The molecule has 12 heavy (non-hydrogen) atoms. The van der Waals surface area contributed by atoms with E-state index in [1.165, 1.54) is 0 Å². The molecule has 0 unspecified atom stereocenters. The van der Waals surface area contributed by atoms with Crippen molar-refractivity contribution in [1.29, 1.82) is 0 Å². The molecule has 1 rings (SSSR count). The Morgan fingerprint density at radius 1 is 1.75 bits per heavy atom. The number of carbonyl (C=O) groups excluding carboxylic acids is 1. The summed E-state index contributed by atoms with van der Waals surface area (Å²) in [6, 6.07) is 0. The molecule has 0 spiro atoms. The zero-order chi connectivity index (χ0) is 9.19. The molecule has 1 atom stereocenters. The lowest BCUT2D eigenvalue weighted by molar-refractivity contribution is -0.257. The van der Waals surface area contributed by atoms with E-state index in [1.54, 1.807) is 19.9 Å². The average molecular weight is 170 g/mol. The Bertz CT molecular complexity index is 196. The molecule has 0 radical (unpaired) electrons. The van der Waals surface area contributed by atoms with E-state index in [1.807, 2.05) is 0 Å². The summed E-state index contributed by atoms with van der Waals surface area (Å²) in [6.07, 6.45) is 1.88. The van der Waals surface area contributed by atoms with Gasteiger partial charge in [-0.3, -0.25) is 4.79 Å². The van der Waals surface area contributed by atoms with Crippen LogP contribution in [-0.2, 0) is 14.3 Å². The normalized spacial score (nSPS) is 28.5. The number of hydrogen-bond acceptors (Lipinski definition) is 3. The second-order valence-corrected chi connectivity index (χ2v) is 3.29. The first-order valence-corrected chi connectivity index (χ1v) is 4.00. The molecule has 1 saturated heterocycles. The molecule has 3 nitrogen and oxygen atoms in total. The van der Waals surface area contributed by atoms with Crippen molar-refractivity contribution in [2.45, 2.75) is 32.2 Å². The number of hydrogen-bond donors (Lipinski definition) is 0. The Labute approximate surface area is 72.4 Å². The Hall–Kier alpha value is -0.670. The van der Waals surface area contributed by atoms with Gasteiger partial charge in [0.15, 0.2) is 11.6 Å². The highest BCUT2D eigenvalue weighted by Gasteiger charge is 2.34. The highest BCUT2D eigenvalue weighted by atomic mass is 16.7. The molecule has 0 aliphatic carbocycles. The maximum Gasteiger partial charge on any atom is 0.187 e. The maximum atomic E-state index is 11.2. The Kier molecular flexibility index (Phi) is 2.65. The van der Waals surface area contributed by atoms with Gasteiger partial charge in [0.05, 0.1) is 0 Å².